The molecular formula is C57H37NO2. The van der Waals surface area contributed by atoms with Gasteiger partial charge in [-0.25, -0.2) is 0 Å². The molecule has 12 rings (SSSR count). The summed E-state index contributed by atoms with van der Waals surface area (Å²) < 4.78 is 12.9. The van der Waals surface area contributed by atoms with Gasteiger partial charge in [-0.05, 0) is 116 Å². The molecule has 0 unspecified atom stereocenters. The summed E-state index contributed by atoms with van der Waals surface area (Å²) in [7, 11) is 0. The van der Waals surface area contributed by atoms with Crippen LogP contribution in [-0.4, -0.2) is 0 Å². The maximum Gasteiger partial charge on any atom is 0.135 e. The summed E-state index contributed by atoms with van der Waals surface area (Å²) in [6.07, 6.45) is 5.31. The van der Waals surface area contributed by atoms with Crippen LogP contribution in [0.15, 0.2) is 209 Å². The minimum absolute atomic E-state index is 0.737. The number of anilines is 3. The molecule has 0 N–H and O–H groups in total. The number of hydrogen-bond donors (Lipinski definition) is 0. The number of hydrogen-bond acceptors (Lipinski definition) is 3. The molecule has 282 valence electrons. The molecular weight excluding hydrogens is 731 g/mol. The number of para-hydroxylation sites is 2. The van der Waals surface area contributed by atoms with Crippen molar-refractivity contribution in [1.82, 2.24) is 0 Å². The highest BCUT2D eigenvalue weighted by Gasteiger charge is 2.23. The largest absolute Gasteiger partial charge is 0.460 e. The van der Waals surface area contributed by atoms with E-state index in [-0.39, 0.29) is 0 Å². The van der Waals surface area contributed by atoms with Crippen LogP contribution in [0, 0.1) is 0 Å². The van der Waals surface area contributed by atoms with Gasteiger partial charge in [0.25, 0.3) is 0 Å². The Labute approximate surface area is 347 Å². The van der Waals surface area contributed by atoms with Gasteiger partial charge in [-0.2, -0.15) is 0 Å². The van der Waals surface area contributed by atoms with E-state index in [4.69, 9.17) is 8.83 Å². The van der Waals surface area contributed by atoms with Gasteiger partial charge in [-0.3, -0.25) is 0 Å². The SMILES string of the molecule is C1=c2ccccc2=Cc2c(oc3cccc(-c4ccccc4N(c4ccc(-c5cccc(-c6ccc7ccccc7c6)c5)cc4)c4ccc5oc6ccccc6c5c4)c23)C1. The van der Waals surface area contributed by atoms with Crippen LogP contribution in [0.2, 0.25) is 0 Å². The van der Waals surface area contributed by atoms with Crippen molar-refractivity contribution in [1.29, 1.82) is 0 Å². The third-order valence-corrected chi connectivity index (χ3v) is 12.1. The summed E-state index contributed by atoms with van der Waals surface area (Å²) >= 11 is 0. The van der Waals surface area contributed by atoms with Crippen molar-refractivity contribution < 1.29 is 8.83 Å². The third-order valence-electron chi connectivity index (χ3n) is 12.1. The topological polar surface area (TPSA) is 29.5 Å². The normalized spacial score (nSPS) is 12.2. The van der Waals surface area contributed by atoms with Crippen molar-refractivity contribution in [3.8, 4) is 33.4 Å². The van der Waals surface area contributed by atoms with Gasteiger partial charge in [-0.15, -0.1) is 0 Å². The molecule has 11 aromatic rings. The quantitative estimate of drug-likeness (QED) is 0.169. The Morgan fingerprint density at radius 1 is 0.400 bits per heavy atom. The van der Waals surface area contributed by atoms with E-state index in [1.54, 1.807) is 0 Å². The Bertz CT molecular complexity index is 3590. The predicted octanol–water partition coefficient (Wildman–Crippen LogP) is 14.1. The average molecular weight is 768 g/mol. The fourth-order valence-corrected chi connectivity index (χ4v) is 9.16. The van der Waals surface area contributed by atoms with Crippen molar-refractivity contribution in [2.45, 2.75) is 6.42 Å². The number of nitrogens with zero attached hydrogens (tertiary/aromatic N) is 1. The second-order valence-electron chi connectivity index (χ2n) is 15.6. The van der Waals surface area contributed by atoms with Gasteiger partial charge in [0.2, 0.25) is 0 Å². The van der Waals surface area contributed by atoms with Gasteiger partial charge in [0.05, 0.1) is 5.69 Å². The zero-order chi connectivity index (χ0) is 39.6. The molecule has 1 aliphatic rings. The zero-order valence-electron chi connectivity index (χ0n) is 32.7. The molecule has 2 aromatic heterocycles. The maximum atomic E-state index is 6.64. The highest BCUT2D eigenvalue weighted by atomic mass is 16.3. The molecule has 0 atom stereocenters. The molecule has 3 nitrogen and oxygen atoms in total. The second-order valence-corrected chi connectivity index (χ2v) is 15.6. The smallest absolute Gasteiger partial charge is 0.135 e. The van der Waals surface area contributed by atoms with Crippen LogP contribution in [-0.2, 0) is 6.42 Å². The Balaban J connectivity index is 1.02. The zero-order valence-corrected chi connectivity index (χ0v) is 32.7. The van der Waals surface area contributed by atoms with Crippen LogP contribution in [0.25, 0.3) is 89.2 Å². The lowest BCUT2D eigenvalue weighted by Gasteiger charge is -2.28. The standard InChI is InChI=1S/C57H37NO2/c1-3-13-40-34-44(24-23-37(40)11-1)42-16-9-15-41(33-42)39-25-28-45(29-26-39)58(46-30-32-54-50(36-46)48-18-6-8-21-53(48)59-54)52-20-7-5-17-47(52)49-19-10-22-56-57(49)51-35-43-14-4-2-12-38(43)27-31-55(51)60-56/h1-30,32-36H,31H2. The maximum absolute atomic E-state index is 6.64. The fourth-order valence-electron chi connectivity index (χ4n) is 9.16. The molecule has 0 spiro atoms. The molecule has 0 saturated carbocycles. The lowest BCUT2D eigenvalue weighted by molar-refractivity contribution is 0.568. The molecule has 2 heterocycles. The Morgan fingerprint density at radius 2 is 1.07 bits per heavy atom. The van der Waals surface area contributed by atoms with E-state index >= 15 is 0 Å². The first kappa shape index (κ1) is 34.2. The average Bonchev–Trinajstić information content (AvgIpc) is 3.80. The monoisotopic (exact) mass is 767 g/mol. The van der Waals surface area contributed by atoms with Crippen LogP contribution in [0.4, 0.5) is 17.1 Å². The molecule has 0 radical (unpaired) electrons. The first-order valence-electron chi connectivity index (χ1n) is 20.5. The molecule has 0 fully saturated rings. The Morgan fingerprint density at radius 3 is 1.98 bits per heavy atom. The van der Waals surface area contributed by atoms with Crippen molar-refractivity contribution in [2.24, 2.45) is 0 Å². The number of furan rings is 2. The van der Waals surface area contributed by atoms with Crippen molar-refractivity contribution in [3.63, 3.8) is 0 Å². The summed E-state index contributed by atoms with van der Waals surface area (Å²) in [6, 6.07) is 71.7. The first-order valence-corrected chi connectivity index (χ1v) is 20.5. The van der Waals surface area contributed by atoms with Gasteiger partial charge in [-0.1, -0.05) is 146 Å². The molecule has 1 aliphatic carbocycles. The van der Waals surface area contributed by atoms with Crippen LogP contribution < -0.4 is 15.3 Å². The van der Waals surface area contributed by atoms with Gasteiger partial charge >= 0.3 is 0 Å². The lowest BCUT2D eigenvalue weighted by atomic mass is 9.95. The van der Waals surface area contributed by atoms with Crippen LogP contribution in [0.3, 0.4) is 0 Å². The Kier molecular flexibility index (Phi) is 7.92. The van der Waals surface area contributed by atoms with Crippen LogP contribution in [0.5, 0.6) is 0 Å². The van der Waals surface area contributed by atoms with E-state index in [9.17, 15) is 0 Å². The number of fused-ring (bicyclic) bond motifs is 8. The number of benzene rings is 9. The molecule has 0 aliphatic heterocycles. The minimum atomic E-state index is 0.737. The fraction of sp³-hybridized carbons (Fsp3) is 0.0175. The molecule has 0 saturated heterocycles. The second kappa shape index (κ2) is 13.9. The van der Waals surface area contributed by atoms with Crippen molar-refractivity contribution >= 4 is 72.9 Å². The summed E-state index contributed by atoms with van der Waals surface area (Å²) in [6.45, 7) is 0. The van der Waals surface area contributed by atoms with E-state index in [0.29, 0.717) is 0 Å². The predicted molar refractivity (Wildman–Crippen MR) is 249 cm³/mol. The third kappa shape index (κ3) is 5.74. The van der Waals surface area contributed by atoms with Gasteiger partial charge < -0.3 is 13.7 Å². The molecule has 3 heteroatoms. The van der Waals surface area contributed by atoms with E-state index in [2.05, 4.69) is 205 Å². The lowest BCUT2D eigenvalue weighted by Crippen LogP contribution is -2.22. The summed E-state index contributed by atoms with van der Waals surface area (Å²) in [5, 5.41) is 8.23. The highest BCUT2D eigenvalue weighted by Crippen LogP contribution is 2.46. The first-order chi connectivity index (χ1) is 29.7. The molecule has 0 bridgehead atoms. The van der Waals surface area contributed by atoms with E-state index in [1.165, 1.54) is 37.9 Å². The van der Waals surface area contributed by atoms with E-state index in [0.717, 1.165) is 84.4 Å². The summed E-state index contributed by atoms with van der Waals surface area (Å²) in [5.41, 5.74) is 13.9. The van der Waals surface area contributed by atoms with Gasteiger partial charge in [0, 0.05) is 45.1 Å². The molecule has 9 aromatic carbocycles. The van der Waals surface area contributed by atoms with E-state index in [1.807, 2.05) is 12.1 Å². The number of rotatable bonds is 6. The van der Waals surface area contributed by atoms with E-state index < -0.39 is 0 Å². The van der Waals surface area contributed by atoms with Gasteiger partial charge in [0.1, 0.15) is 22.5 Å². The van der Waals surface area contributed by atoms with Crippen molar-refractivity contribution in [2.75, 3.05) is 4.90 Å². The van der Waals surface area contributed by atoms with Crippen molar-refractivity contribution in [3.05, 3.63) is 222 Å². The highest BCUT2D eigenvalue weighted by molar-refractivity contribution is 6.08. The molecule has 60 heavy (non-hydrogen) atoms. The van der Waals surface area contributed by atoms with Gasteiger partial charge in [0.15, 0.2) is 0 Å². The molecule has 0 amide bonds. The van der Waals surface area contributed by atoms with Crippen LogP contribution in [0.1, 0.15) is 11.3 Å². The Hall–Kier alpha value is -7.88. The summed E-state index contributed by atoms with van der Waals surface area (Å²) in [5.74, 6) is 0.987. The summed E-state index contributed by atoms with van der Waals surface area (Å²) in [4.78, 5) is 2.39. The van der Waals surface area contributed by atoms with Crippen LogP contribution >= 0.6 is 0 Å². The minimum Gasteiger partial charge on any atom is -0.460 e.